The van der Waals surface area contributed by atoms with Crippen LogP contribution in [0.2, 0.25) is 0 Å². The molecule has 0 aromatic carbocycles. The Morgan fingerprint density at radius 2 is 2.50 bits per heavy atom. The van der Waals surface area contributed by atoms with Crippen LogP contribution < -0.4 is 0 Å². The monoisotopic (exact) mass is 155 g/mol. The molecule has 0 spiro atoms. The van der Waals surface area contributed by atoms with Crippen molar-refractivity contribution in [3.05, 3.63) is 23.6 Å². The second-order valence-corrected chi connectivity index (χ2v) is 3.30. The molecule has 0 fully saturated rings. The van der Waals surface area contributed by atoms with Gasteiger partial charge in [-0.1, -0.05) is 0 Å². The number of hydrogen-bond acceptors (Lipinski definition) is 2. The summed E-state index contributed by atoms with van der Waals surface area (Å²) in [6.07, 6.45) is 2.24. The molecule has 10 heavy (non-hydrogen) atoms. The molecule has 0 saturated heterocycles. The van der Waals surface area contributed by atoms with E-state index in [1.807, 2.05) is 0 Å². The van der Waals surface area contributed by atoms with Crippen molar-refractivity contribution in [1.82, 2.24) is 4.98 Å². The minimum Gasteiger partial charge on any atom is -0.247 e. The minimum absolute atomic E-state index is 0.221. The van der Waals surface area contributed by atoms with Gasteiger partial charge >= 0.3 is 0 Å². The van der Waals surface area contributed by atoms with Crippen molar-refractivity contribution in [3.8, 4) is 0 Å². The summed E-state index contributed by atoms with van der Waals surface area (Å²) in [5.74, 6) is 0.826. The Balaban J connectivity index is 2.52. The van der Waals surface area contributed by atoms with E-state index in [0.717, 1.165) is 22.8 Å². The topological polar surface area (TPSA) is 12.9 Å². The molecule has 0 bridgehead atoms. The highest BCUT2D eigenvalue weighted by atomic mass is 32.2. The van der Waals surface area contributed by atoms with Crippen LogP contribution in [0, 0.1) is 5.82 Å². The third-order valence-corrected chi connectivity index (χ3v) is 2.55. The van der Waals surface area contributed by atoms with Crippen LogP contribution in [0.15, 0.2) is 17.3 Å². The molecular weight excluding hydrogens is 149 g/mol. The number of pyridine rings is 1. The zero-order chi connectivity index (χ0) is 6.97. The maximum Gasteiger partial charge on any atom is 0.141 e. The standard InChI is InChI=1S/C7H6FNS/c8-6-3-5-1-2-10-7(5)9-4-6/h3-4H,1-2H2. The Hall–Kier alpha value is -0.570. The van der Waals surface area contributed by atoms with Crippen LogP contribution in [0.25, 0.3) is 0 Å². The smallest absolute Gasteiger partial charge is 0.141 e. The lowest BCUT2D eigenvalue weighted by atomic mass is 10.2. The summed E-state index contributed by atoms with van der Waals surface area (Å²) in [4.78, 5) is 3.95. The fourth-order valence-corrected chi connectivity index (χ4v) is 2.02. The van der Waals surface area contributed by atoms with Gasteiger partial charge in [0.15, 0.2) is 0 Å². The van der Waals surface area contributed by atoms with Gasteiger partial charge in [0.25, 0.3) is 0 Å². The van der Waals surface area contributed by atoms with Gasteiger partial charge in [-0.3, -0.25) is 0 Å². The van der Waals surface area contributed by atoms with Crippen LogP contribution in [0.5, 0.6) is 0 Å². The minimum atomic E-state index is -0.221. The fraction of sp³-hybridized carbons (Fsp3) is 0.286. The average Bonchev–Trinajstić information content (AvgIpc) is 2.33. The maximum atomic E-state index is 12.5. The third-order valence-electron chi connectivity index (χ3n) is 1.50. The highest BCUT2D eigenvalue weighted by molar-refractivity contribution is 7.99. The number of halogens is 1. The second-order valence-electron chi connectivity index (χ2n) is 2.22. The Morgan fingerprint density at radius 1 is 1.60 bits per heavy atom. The van der Waals surface area contributed by atoms with Crippen molar-refractivity contribution < 1.29 is 4.39 Å². The molecule has 1 aromatic heterocycles. The first kappa shape index (κ1) is 6.16. The highest BCUT2D eigenvalue weighted by Gasteiger charge is 2.12. The van der Waals surface area contributed by atoms with Crippen molar-refractivity contribution in [2.75, 3.05) is 5.75 Å². The maximum absolute atomic E-state index is 12.5. The van der Waals surface area contributed by atoms with Crippen LogP contribution in [0.3, 0.4) is 0 Å². The van der Waals surface area contributed by atoms with E-state index in [1.54, 1.807) is 17.8 Å². The Labute approximate surface area is 62.7 Å². The van der Waals surface area contributed by atoms with E-state index < -0.39 is 0 Å². The van der Waals surface area contributed by atoms with Gasteiger partial charge < -0.3 is 0 Å². The first-order valence-corrected chi connectivity index (χ1v) is 4.12. The van der Waals surface area contributed by atoms with E-state index in [0.29, 0.717) is 0 Å². The van der Waals surface area contributed by atoms with E-state index in [1.165, 1.54) is 6.20 Å². The fourth-order valence-electron chi connectivity index (χ4n) is 1.04. The normalized spacial score (nSPS) is 15.3. The van der Waals surface area contributed by atoms with Crippen LogP contribution in [0.1, 0.15) is 5.56 Å². The van der Waals surface area contributed by atoms with Gasteiger partial charge in [-0.25, -0.2) is 9.37 Å². The highest BCUT2D eigenvalue weighted by Crippen LogP contribution is 2.28. The SMILES string of the molecule is Fc1cnc2c(c1)CCS2. The van der Waals surface area contributed by atoms with Crippen LogP contribution in [-0.2, 0) is 6.42 Å². The number of aromatic nitrogens is 1. The number of aryl methyl sites for hydroxylation is 1. The second kappa shape index (κ2) is 2.23. The Bertz CT molecular complexity index is 262. The van der Waals surface area contributed by atoms with Crippen molar-refractivity contribution in [2.45, 2.75) is 11.4 Å². The lowest BCUT2D eigenvalue weighted by Crippen LogP contribution is -1.85. The molecule has 1 nitrogen and oxygen atoms in total. The number of rotatable bonds is 0. The van der Waals surface area contributed by atoms with Gasteiger partial charge in [-0.15, -0.1) is 11.8 Å². The summed E-state index contributed by atoms with van der Waals surface area (Å²) in [6.45, 7) is 0. The molecule has 0 atom stereocenters. The van der Waals surface area contributed by atoms with Gasteiger partial charge in [0, 0.05) is 5.75 Å². The molecule has 0 unspecified atom stereocenters. The zero-order valence-corrected chi connectivity index (χ0v) is 6.12. The summed E-state index contributed by atoms with van der Waals surface area (Å²) in [5, 5.41) is 1.00. The molecule has 3 heteroatoms. The summed E-state index contributed by atoms with van der Waals surface area (Å²) in [7, 11) is 0. The molecule has 1 aliphatic heterocycles. The summed E-state index contributed by atoms with van der Waals surface area (Å²) >= 11 is 1.70. The van der Waals surface area contributed by atoms with Crippen molar-refractivity contribution >= 4 is 11.8 Å². The van der Waals surface area contributed by atoms with Gasteiger partial charge in [0.2, 0.25) is 0 Å². The first-order valence-electron chi connectivity index (χ1n) is 3.13. The van der Waals surface area contributed by atoms with Crippen LogP contribution >= 0.6 is 11.8 Å². The predicted octanol–water partition coefficient (Wildman–Crippen LogP) is 1.87. The van der Waals surface area contributed by atoms with Gasteiger partial charge in [0.05, 0.1) is 11.2 Å². The van der Waals surface area contributed by atoms with E-state index in [-0.39, 0.29) is 5.82 Å². The molecule has 0 saturated carbocycles. The van der Waals surface area contributed by atoms with E-state index in [4.69, 9.17) is 0 Å². The molecule has 2 heterocycles. The van der Waals surface area contributed by atoms with Gasteiger partial charge in [0.1, 0.15) is 5.82 Å². The van der Waals surface area contributed by atoms with Crippen molar-refractivity contribution in [2.24, 2.45) is 0 Å². The third kappa shape index (κ3) is 0.904. The average molecular weight is 155 g/mol. The molecule has 0 aliphatic carbocycles. The number of thioether (sulfide) groups is 1. The van der Waals surface area contributed by atoms with Gasteiger partial charge in [-0.05, 0) is 18.1 Å². The molecule has 0 radical (unpaired) electrons. The van der Waals surface area contributed by atoms with Crippen LogP contribution in [-0.4, -0.2) is 10.7 Å². The molecule has 1 aromatic rings. The molecule has 1 aliphatic rings. The Morgan fingerprint density at radius 3 is 3.40 bits per heavy atom. The number of fused-ring (bicyclic) bond motifs is 1. The molecular formula is C7H6FNS. The van der Waals surface area contributed by atoms with Gasteiger partial charge in [-0.2, -0.15) is 0 Å². The van der Waals surface area contributed by atoms with E-state index in [2.05, 4.69) is 4.98 Å². The molecule has 0 N–H and O–H groups in total. The van der Waals surface area contributed by atoms with Crippen LogP contribution in [0.4, 0.5) is 4.39 Å². The number of nitrogens with zero attached hydrogens (tertiary/aromatic N) is 1. The lowest BCUT2D eigenvalue weighted by Gasteiger charge is -1.93. The Kier molecular flexibility index (Phi) is 1.38. The molecule has 52 valence electrons. The predicted molar refractivity (Wildman–Crippen MR) is 38.6 cm³/mol. The van der Waals surface area contributed by atoms with Crippen molar-refractivity contribution in [1.29, 1.82) is 0 Å². The zero-order valence-electron chi connectivity index (χ0n) is 5.30. The van der Waals surface area contributed by atoms with E-state index in [9.17, 15) is 4.39 Å². The lowest BCUT2D eigenvalue weighted by molar-refractivity contribution is 0.615. The largest absolute Gasteiger partial charge is 0.247 e. The molecule has 0 amide bonds. The summed E-state index contributed by atoms with van der Waals surface area (Å²) < 4.78 is 12.5. The first-order chi connectivity index (χ1) is 4.86. The van der Waals surface area contributed by atoms with E-state index >= 15 is 0 Å². The molecule has 2 rings (SSSR count). The summed E-state index contributed by atoms with van der Waals surface area (Å²) in [5.41, 5.74) is 1.06. The quantitative estimate of drug-likeness (QED) is 0.567. The van der Waals surface area contributed by atoms with Crippen molar-refractivity contribution in [3.63, 3.8) is 0 Å². The summed E-state index contributed by atoms with van der Waals surface area (Å²) in [6, 6.07) is 1.57. The number of hydrogen-bond donors (Lipinski definition) is 0.